The number of hydrogen-bond donors (Lipinski definition) is 2. The maximum absolute atomic E-state index is 11.0. The van der Waals surface area contributed by atoms with E-state index in [1.54, 1.807) is 13.1 Å². The first kappa shape index (κ1) is 13.1. The number of H-pyrrole nitrogens is 1. The number of aliphatic carboxylic acids is 1. The van der Waals surface area contributed by atoms with Gasteiger partial charge in [-0.05, 0) is 56.5 Å². The average Bonchev–Trinajstić information content (AvgIpc) is 2.90. The second-order valence-electron chi connectivity index (χ2n) is 5.47. The van der Waals surface area contributed by atoms with Crippen molar-refractivity contribution in [1.29, 1.82) is 0 Å². The molecular formula is C15H19N3O2. The first-order valence-corrected chi connectivity index (χ1v) is 7.05. The second kappa shape index (κ2) is 5.25. The lowest BCUT2D eigenvalue weighted by Crippen LogP contribution is -2.43. The fraction of sp³-hybridized carbons (Fsp3) is 0.467. The number of carbonyl (C=O) groups is 1. The van der Waals surface area contributed by atoms with E-state index in [4.69, 9.17) is 5.11 Å². The van der Waals surface area contributed by atoms with Gasteiger partial charge in [0, 0.05) is 17.8 Å². The minimum Gasteiger partial charge on any atom is -0.480 e. The Kier molecular flexibility index (Phi) is 3.44. The van der Waals surface area contributed by atoms with E-state index < -0.39 is 5.97 Å². The number of fused-ring (bicyclic) bond motifs is 1. The maximum Gasteiger partial charge on any atom is 0.320 e. The monoisotopic (exact) mass is 273 g/mol. The lowest BCUT2D eigenvalue weighted by atomic mass is 9.89. The minimum atomic E-state index is -0.736. The number of aromatic nitrogens is 2. The smallest absolute Gasteiger partial charge is 0.320 e. The lowest BCUT2D eigenvalue weighted by Gasteiger charge is -2.34. The highest BCUT2D eigenvalue weighted by molar-refractivity contribution is 5.80. The van der Waals surface area contributed by atoms with E-state index in [1.807, 2.05) is 11.0 Å². The van der Waals surface area contributed by atoms with Crippen LogP contribution in [0.2, 0.25) is 0 Å². The third-order valence-electron chi connectivity index (χ3n) is 4.36. The Morgan fingerprint density at radius 2 is 2.25 bits per heavy atom. The number of nitrogens with one attached hydrogen (secondary N) is 1. The topological polar surface area (TPSA) is 69.2 Å². The van der Waals surface area contributed by atoms with Crippen molar-refractivity contribution in [2.45, 2.75) is 31.7 Å². The molecule has 3 heterocycles. The summed E-state index contributed by atoms with van der Waals surface area (Å²) in [6, 6.07) is 3.67. The maximum atomic E-state index is 11.0. The molecule has 0 unspecified atom stereocenters. The number of carboxylic acids is 1. The molecule has 1 aliphatic rings. The van der Waals surface area contributed by atoms with Gasteiger partial charge in [-0.1, -0.05) is 0 Å². The predicted octanol–water partition coefficient (Wildman–Crippen LogP) is 2.22. The van der Waals surface area contributed by atoms with Crippen LogP contribution in [-0.2, 0) is 4.79 Å². The van der Waals surface area contributed by atoms with E-state index >= 15 is 0 Å². The van der Waals surface area contributed by atoms with Crippen molar-refractivity contribution < 1.29 is 9.90 Å². The molecule has 0 aliphatic carbocycles. The van der Waals surface area contributed by atoms with Crippen LogP contribution in [0.1, 0.15) is 31.2 Å². The summed E-state index contributed by atoms with van der Waals surface area (Å²) in [6.45, 7) is 3.44. The first-order chi connectivity index (χ1) is 9.66. The highest BCUT2D eigenvalue weighted by Gasteiger charge is 2.27. The molecule has 1 saturated heterocycles. The first-order valence-electron chi connectivity index (χ1n) is 7.05. The summed E-state index contributed by atoms with van der Waals surface area (Å²) in [4.78, 5) is 20.6. The molecule has 3 rings (SSSR count). The van der Waals surface area contributed by atoms with E-state index in [0.29, 0.717) is 5.92 Å². The van der Waals surface area contributed by atoms with Gasteiger partial charge >= 0.3 is 5.97 Å². The van der Waals surface area contributed by atoms with Gasteiger partial charge in [0.15, 0.2) is 0 Å². The summed E-state index contributed by atoms with van der Waals surface area (Å²) in [5.41, 5.74) is 2.25. The molecule has 20 heavy (non-hydrogen) atoms. The molecule has 1 fully saturated rings. The van der Waals surface area contributed by atoms with Crippen molar-refractivity contribution in [3.05, 3.63) is 30.1 Å². The van der Waals surface area contributed by atoms with E-state index in [0.717, 1.165) is 31.6 Å². The Morgan fingerprint density at radius 1 is 1.50 bits per heavy atom. The number of likely N-dealkylation sites (tertiary alicyclic amines) is 1. The molecule has 0 radical (unpaired) electrons. The van der Waals surface area contributed by atoms with E-state index in [-0.39, 0.29) is 6.04 Å². The highest BCUT2D eigenvalue weighted by Crippen LogP contribution is 2.32. The summed E-state index contributed by atoms with van der Waals surface area (Å²) in [5, 5.41) is 10.3. The largest absolute Gasteiger partial charge is 0.480 e. The molecule has 106 valence electrons. The zero-order chi connectivity index (χ0) is 14.1. The van der Waals surface area contributed by atoms with Crippen LogP contribution in [0, 0.1) is 0 Å². The van der Waals surface area contributed by atoms with Gasteiger partial charge in [-0.15, -0.1) is 0 Å². The van der Waals surface area contributed by atoms with Crippen LogP contribution >= 0.6 is 0 Å². The van der Waals surface area contributed by atoms with Crippen LogP contribution in [0.4, 0.5) is 0 Å². The number of pyridine rings is 1. The summed E-state index contributed by atoms with van der Waals surface area (Å²) in [5.74, 6) is -0.245. The Balaban J connectivity index is 1.74. The number of carboxylic acid groups (broad SMARTS) is 1. The number of aromatic amines is 1. The fourth-order valence-electron chi connectivity index (χ4n) is 3.07. The summed E-state index contributed by atoms with van der Waals surface area (Å²) >= 11 is 0. The minimum absolute atomic E-state index is 0.388. The van der Waals surface area contributed by atoms with Crippen molar-refractivity contribution in [3.63, 3.8) is 0 Å². The molecular weight excluding hydrogens is 254 g/mol. The third kappa shape index (κ3) is 2.29. The van der Waals surface area contributed by atoms with Crippen molar-refractivity contribution in [3.8, 4) is 0 Å². The van der Waals surface area contributed by atoms with Gasteiger partial charge in [0.05, 0.1) is 0 Å². The quantitative estimate of drug-likeness (QED) is 0.899. The van der Waals surface area contributed by atoms with Gasteiger partial charge in [0.1, 0.15) is 11.7 Å². The van der Waals surface area contributed by atoms with Gasteiger partial charge in [0.2, 0.25) is 0 Å². The van der Waals surface area contributed by atoms with Crippen LogP contribution in [0.25, 0.3) is 11.0 Å². The summed E-state index contributed by atoms with van der Waals surface area (Å²) < 4.78 is 0. The normalized spacial score (nSPS) is 19.2. The number of piperidine rings is 1. The number of rotatable bonds is 3. The Labute approximate surface area is 117 Å². The fourth-order valence-corrected chi connectivity index (χ4v) is 3.07. The Morgan fingerprint density at radius 3 is 2.95 bits per heavy atom. The summed E-state index contributed by atoms with van der Waals surface area (Å²) in [6.07, 6.45) is 5.84. The van der Waals surface area contributed by atoms with Crippen molar-refractivity contribution in [2.75, 3.05) is 13.1 Å². The Hall–Kier alpha value is -1.88. The van der Waals surface area contributed by atoms with Crippen LogP contribution in [0.5, 0.6) is 0 Å². The molecule has 2 aromatic heterocycles. The number of hydrogen-bond acceptors (Lipinski definition) is 3. The SMILES string of the molecule is C[C@@H](C(=O)O)N1CCC(c2c[nH]c3ncccc23)CC1. The third-order valence-corrected chi connectivity index (χ3v) is 4.36. The predicted molar refractivity (Wildman–Crippen MR) is 76.7 cm³/mol. The zero-order valence-corrected chi connectivity index (χ0v) is 11.5. The van der Waals surface area contributed by atoms with E-state index in [2.05, 4.69) is 22.2 Å². The highest BCUT2D eigenvalue weighted by atomic mass is 16.4. The molecule has 5 nitrogen and oxygen atoms in total. The molecule has 0 spiro atoms. The van der Waals surface area contributed by atoms with Gasteiger partial charge in [-0.3, -0.25) is 9.69 Å². The number of nitrogens with zero attached hydrogens (tertiary/aromatic N) is 2. The molecule has 0 aromatic carbocycles. The van der Waals surface area contributed by atoms with E-state index in [1.165, 1.54) is 10.9 Å². The van der Waals surface area contributed by atoms with Crippen LogP contribution in [-0.4, -0.2) is 45.1 Å². The molecule has 1 aliphatic heterocycles. The molecule has 0 bridgehead atoms. The van der Waals surface area contributed by atoms with Crippen LogP contribution < -0.4 is 0 Å². The average molecular weight is 273 g/mol. The molecule has 5 heteroatoms. The van der Waals surface area contributed by atoms with Gasteiger partial charge in [-0.25, -0.2) is 4.98 Å². The second-order valence-corrected chi connectivity index (χ2v) is 5.47. The lowest BCUT2D eigenvalue weighted by molar-refractivity contribution is -0.143. The molecule has 0 saturated carbocycles. The van der Waals surface area contributed by atoms with Gasteiger partial charge in [0.25, 0.3) is 0 Å². The van der Waals surface area contributed by atoms with Crippen molar-refractivity contribution in [1.82, 2.24) is 14.9 Å². The molecule has 2 N–H and O–H groups in total. The standard InChI is InChI=1S/C15H19N3O2/c1-10(15(19)20)18-7-4-11(5-8-18)13-9-17-14-12(13)3-2-6-16-14/h2-3,6,9-11H,4-5,7-8H2,1H3,(H,16,17)(H,19,20)/t10-/m0/s1. The van der Waals surface area contributed by atoms with Crippen molar-refractivity contribution in [2.24, 2.45) is 0 Å². The zero-order valence-electron chi connectivity index (χ0n) is 11.5. The Bertz CT molecular complexity index is 614. The van der Waals surface area contributed by atoms with Crippen molar-refractivity contribution >= 4 is 17.0 Å². The van der Waals surface area contributed by atoms with Crippen LogP contribution in [0.3, 0.4) is 0 Å². The van der Waals surface area contributed by atoms with E-state index in [9.17, 15) is 4.79 Å². The van der Waals surface area contributed by atoms with Gasteiger partial charge in [-0.2, -0.15) is 0 Å². The van der Waals surface area contributed by atoms with Crippen LogP contribution in [0.15, 0.2) is 24.5 Å². The molecule has 1 atom stereocenters. The van der Waals surface area contributed by atoms with Gasteiger partial charge < -0.3 is 10.1 Å². The summed E-state index contributed by atoms with van der Waals surface area (Å²) in [7, 11) is 0. The molecule has 0 amide bonds. The molecule has 2 aromatic rings.